The summed E-state index contributed by atoms with van der Waals surface area (Å²) < 4.78 is 1.17. The molecule has 3 heteroatoms. The van der Waals surface area contributed by atoms with Crippen molar-refractivity contribution in [3.63, 3.8) is 0 Å². The van der Waals surface area contributed by atoms with Gasteiger partial charge in [0.2, 0.25) is 0 Å². The average Bonchev–Trinajstić information content (AvgIpc) is 2.49. The van der Waals surface area contributed by atoms with E-state index in [-0.39, 0.29) is 0 Å². The molecule has 0 bridgehead atoms. The van der Waals surface area contributed by atoms with Crippen LogP contribution in [0, 0.1) is 15.5 Å². The van der Waals surface area contributed by atoms with E-state index in [0.717, 1.165) is 17.8 Å². The summed E-state index contributed by atoms with van der Waals surface area (Å²) in [5.74, 6) is 4.08. The highest BCUT2D eigenvalue weighted by Crippen LogP contribution is 2.56. The van der Waals surface area contributed by atoms with Crippen LogP contribution in [0.2, 0.25) is 0 Å². The molecule has 64 valence electrons. The van der Waals surface area contributed by atoms with Gasteiger partial charge in [-0.15, -0.1) is 0 Å². The number of H-pyrrole nitrogens is 1. The van der Waals surface area contributed by atoms with Crippen LogP contribution in [-0.2, 0) is 0 Å². The van der Waals surface area contributed by atoms with E-state index in [4.69, 9.17) is 0 Å². The third-order valence-corrected chi connectivity index (χ3v) is 3.74. The Morgan fingerprint density at radius 1 is 1.33 bits per heavy atom. The summed E-state index contributed by atoms with van der Waals surface area (Å²) in [6.45, 7) is 0. The predicted molar refractivity (Wildman–Crippen MR) is 54.9 cm³/mol. The summed E-state index contributed by atoms with van der Waals surface area (Å²) in [6, 6.07) is 0. The highest BCUT2D eigenvalue weighted by atomic mass is 127. The molecule has 1 aromatic rings. The van der Waals surface area contributed by atoms with Gasteiger partial charge in [0.15, 0.2) is 0 Å². The van der Waals surface area contributed by atoms with Crippen molar-refractivity contribution < 1.29 is 0 Å². The van der Waals surface area contributed by atoms with Gasteiger partial charge in [-0.05, 0) is 53.7 Å². The zero-order chi connectivity index (χ0) is 8.13. The molecule has 1 N–H and O–H groups in total. The van der Waals surface area contributed by atoms with Crippen LogP contribution in [0.5, 0.6) is 0 Å². The fourth-order valence-electron chi connectivity index (χ4n) is 2.46. The van der Waals surface area contributed by atoms with Gasteiger partial charge in [0.25, 0.3) is 0 Å². The molecule has 0 saturated heterocycles. The maximum atomic E-state index is 4.39. The van der Waals surface area contributed by atoms with Gasteiger partial charge < -0.3 is 4.98 Å². The Labute approximate surface area is 85.3 Å². The molecule has 2 fully saturated rings. The summed E-state index contributed by atoms with van der Waals surface area (Å²) in [5.41, 5.74) is 0. The molecule has 0 radical (unpaired) electrons. The van der Waals surface area contributed by atoms with E-state index in [2.05, 4.69) is 32.6 Å². The van der Waals surface area contributed by atoms with Gasteiger partial charge in [-0.2, -0.15) is 0 Å². The summed E-state index contributed by atoms with van der Waals surface area (Å²) in [6.07, 6.45) is 6.19. The molecule has 3 rings (SSSR count). The normalized spacial score (nSPS) is 38.2. The van der Waals surface area contributed by atoms with Gasteiger partial charge in [0, 0.05) is 5.92 Å². The minimum Gasteiger partial charge on any atom is -0.337 e. The lowest BCUT2D eigenvalue weighted by molar-refractivity contribution is 0.595. The third-order valence-electron chi connectivity index (χ3n) is 3.19. The maximum absolute atomic E-state index is 4.39. The molecule has 1 unspecified atom stereocenters. The van der Waals surface area contributed by atoms with Crippen molar-refractivity contribution in [3.8, 4) is 0 Å². The third kappa shape index (κ3) is 1.09. The lowest BCUT2D eigenvalue weighted by atomic mass is 10.0. The Kier molecular flexibility index (Phi) is 1.51. The number of hydrogen-bond acceptors (Lipinski definition) is 1. The van der Waals surface area contributed by atoms with E-state index in [1.165, 1.54) is 28.8 Å². The lowest BCUT2D eigenvalue weighted by Crippen LogP contribution is -1.97. The Hall–Kier alpha value is -0.0600. The van der Waals surface area contributed by atoms with Crippen LogP contribution in [0.25, 0.3) is 0 Å². The molecule has 3 atom stereocenters. The van der Waals surface area contributed by atoms with Crippen LogP contribution in [0.4, 0.5) is 0 Å². The Balaban J connectivity index is 1.81. The molecular formula is C9H11IN2. The van der Waals surface area contributed by atoms with Crippen LogP contribution < -0.4 is 0 Å². The van der Waals surface area contributed by atoms with Crippen LogP contribution >= 0.6 is 22.6 Å². The van der Waals surface area contributed by atoms with Crippen LogP contribution in [0.15, 0.2) is 6.20 Å². The maximum Gasteiger partial charge on any atom is 0.109 e. The molecule has 0 aliphatic heterocycles. The molecule has 2 aliphatic rings. The van der Waals surface area contributed by atoms with Crippen molar-refractivity contribution in [2.75, 3.05) is 0 Å². The second-order valence-corrected chi connectivity index (χ2v) is 5.20. The number of nitrogens with zero attached hydrogens (tertiary/aromatic N) is 1. The molecule has 2 aliphatic carbocycles. The highest BCUT2D eigenvalue weighted by Gasteiger charge is 2.46. The van der Waals surface area contributed by atoms with Gasteiger partial charge in [-0.25, -0.2) is 4.98 Å². The predicted octanol–water partition coefficient (Wildman–Crippen LogP) is 2.53. The monoisotopic (exact) mass is 274 g/mol. The topological polar surface area (TPSA) is 28.7 Å². The van der Waals surface area contributed by atoms with Crippen molar-refractivity contribution >= 4 is 22.6 Å². The first-order chi connectivity index (χ1) is 5.83. The first kappa shape index (κ1) is 7.35. The molecule has 0 aromatic carbocycles. The first-order valence-corrected chi connectivity index (χ1v) is 5.61. The largest absolute Gasteiger partial charge is 0.337 e. The summed E-state index contributed by atoms with van der Waals surface area (Å²) in [7, 11) is 0. The molecule has 2 saturated carbocycles. The van der Waals surface area contributed by atoms with Crippen molar-refractivity contribution in [1.29, 1.82) is 0 Å². The van der Waals surface area contributed by atoms with Gasteiger partial charge >= 0.3 is 0 Å². The van der Waals surface area contributed by atoms with Crippen molar-refractivity contribution in [2.45, 2.75) is 25.2 Å². The number of aromatic nitrogens is 2. The Morgan fingerprint density at radius 2 is 2.08 bits per heavy atom. The number of halogens is 1. The fourth-order valence-corrected chi connectivity index (χ4v) is 2.87. The average molecular weight is 274 g/mol. The zero-order valence-electron chi connectivity index (χ0n) is 6.76. The van der Waals surface area contributed by atoms with Gasteiger partial charge in [0.05, 0.1) is 9.90 Å². The van der Waals surface area contributed by atoms with Crippen LogP contribution in [-0.4, -0.2) is 9.97 Å². The lowest BCUT2D eigenvalue weighted by Gasteiger charge is -2.06. The number of fused-ring (bicyclic) bond motifs is 1. The van der Waals surface area contributed by atoms with Crippen molar-refractivity contribution in [3.05, 3.63) is 15.7 Å². The van der Waals surface area contributed by atoms with Crippen molar-refractivity contribution in [2.24, 2.45) is 11.8 Å². The molecule has 0 spiro atoms. The number of hydrogen-bond donors (Lipinski definition) is 1. The van der Waals surface area contributed by atoms with Crippen LogP contribution in [0.3, 0.4) is 0 Å². The van der Waals surface area contributed by atoms with Crippen molar-refractivity contribution in [1.82, 2.24) is 9.97 Å². The molecule has 0 amide bonds. The van der Waals surface area contributed by atoms with Gasteiger partial charge in [-0.3, -0.25) is 0 Å². The van der Waals surface area contributed by atoms with Gasteiger partial charge in [0.1, 0.15) is 5.82 Å². The van der Waals surface area contributed by atoms with E-state index >= 15 is 0 Å². The summed E-state index contributed by atoms with van der Waals surface area (Å²) in [4.78, 5) is 7.72. The zero-order valence-corrected chi connectivity index (χ0v) is 8.91. The molecule has 2 nitrogen and oxygen atoms in total. The first-order valence-electron chi connectivity index (χ1n) is 4.53. The molecule has 1 heterocycles. The highest BCUT2D eigenvalue weighted by molar-refractivity contribution is 14.1. The quantitative estimate of drug-likeness (QED) is 0.783. The standard InChI is InChI=1S/C9H11IN2/c10-8-4-11-9(12-8)7-2-5-1-6(5)3-7/h4-7H,1-3H2,(H,11,12)/t5-,6+,7?. The second kappa shape index (κ2) is 2.47. The SMILES string of the molecule is Ic1cnc(C2C[C@@H]3C[C@@H]3C2)[nH]1. The smallest absolute Gasteiger partial charge is 0.109 e. The van der Waals surface area contributed by atoms with Crippen LogP contribution in [0.1, 0.15) is 31.0 Å². The van der Waals surface area contributed by atoms with E-state index in [9.17, 15) is 0 Å². The van der Waals surface area contributed by atoms with E-state index in [0.29, 0.717) is 0 Å². The number of rotatable bonds is 1. The molecular weight excluding hydrogens is 263 g/mol. The molecule has 12 heavy (non-hydrogen) atoms. The summed E-state index contributed by atoms with van der Waals surface area (Å²) >= 11 is 2.29. The minimum absolute atomic E-state index is 0.747. The number of aromatic amines is 1. The molecule has 1 aromatic heterocycles. The fraction of sp³-hybridized carbons (Fsp3) is 0.667. The Morgan fingerprint density at radius 3 is 2.67 bits per heavy atom. The van der Waals surface area contributed by atoms with E-state index < -0.39 is 0 Å². The minimum atomic E-state index is 0.747. The Bertz CT molecular complexity index is 297. The van der Waals surface area contributed by atoms with E-state index in [1.807, 2.05) is 6.20 Å². The summed E-state index contributed by atoms with van der Waals surface area (Å²) in [5, 5.41) is 0. The number of nitrogens with one attached hydrogen (secondary N) is 1. The number of imidazole rings is 1. The van der Waals surface area contributed by atoms with E-state index in [1.54, 1.807) is 0 Å². The van der Waals surface area contributed by atoms with Gasteiger partial charge in [-0.1, -0.05) is 0 Å². The second-order valence-electron chi connectivity index (χ2n) is 4.04.